The number of halogens is 2. The monoisotopic (exact) mass is 358 g/mol. The highest BCUT2D eigenvalue weighted by molar-refractivity contribution is 6.34. The van der Waals surface area contributed by atoms with Gasteiger partial charge < -0.3 is 9.53 Å². The van der Waals surface area contributed by atoms with Crippen molar-refractivity contribution in [1.82, 2.24) is 0 Å². The number of hydrogen-bond acceptors (Lipinski definition) is 4. The fraction of sp³-hybridized carbons (Fsp3) is 0.471. The van der Waals surface area contributed by atoms with E-state index in [2.05, 4.69) is 0 Å². The van der Waals surface area contributed by atoms with Crippen molar-refractivity contribution in [3.63, 3.8) is 0 Å². The number of ether oxygens (including phenoxy) is 1. The van der Waals surface area contributed by atoms with E-state index in [0.717, 1.165) is 6.42 Å². The van der Waals surface area contributed by atoms with Crippen molar-refractivity contribution in [3.8, 4) is 0 Å². The van der Waals surface area contributed by atoms with Crippen LogP contribution in [0.2, 0.25) is 10.0 Å². The van der Waals surface area contributed by atoms with Crippen molar-refractivity contribution in [2.24, 2.45) is 5.92 Å². The van der Waals surface area contributed by atoms with E-state index in [1.54, 1.807) is 18.2 Å². The topological polar surface area (TPSA) is 60.4 Å². The van der Waals surface area contributed by atoms with E-state index in [4.69, 9.17) is 27.9 Å². The zero-order chi connectivity index (χ0) is 17.2. The first kappa shape index (κ1) is 19.7. The first-order valence-corrected chi connectivity index (χ1v) is 8.33. The summed E-state index contributed by atoms with van der Waals surface area (Å²) in [6.07, 6.45) is 2.91. The maximum Gasteiger partial charge on any atom is 0.306 e. The summed E-state index contributed by atoms with van der Waals surface area (Å²) in [7, 11) is 0. The highest BCUT2D eigenvalue weighted by Crippen LogP contribution is 2.22. The molecule has 1 fully saturated rings. The van der Waals surface area contributed by atoms with E-state index in [0.29, 0.717) is 42.0 Å². The molecule has 0 aliphatic heterocycles. The van der Waals surface area contributed by atoms with Crippen LogP contribution in [0.3, 0.4) is 0 Å². The third-order valence-electron chi connectivity index (χ3n) is 3.34. The minimum atomic E-state index is -0.687. The van der Waals surface area contributed by atoms with Gasteiger partial charge in [-0.25, -0.2) is 0 Å². The van der Waals surface area contributed by atoms with Gasteiger partial charge in [-0.2, -0.15) is 0 Å². The van der Waals surface area contributed by atoms with Crippen LogP contribution in [-0.4, -0.2) is 24.1 Å². The molecule has 0 amide bonds. The average molecular weight is 359 g/mol. The van der Waals surface area contributed by atoms with E-state index in [-0.39, 0.29) is 11.8 Å². The number of aldehydes is 1. The zero-order valence-electron chi connectivity index (χ0n) is 13.0. The summed E-state index contributed by atoms with van der Waals surface area (Å²) in [6.45, 7) is 1.87. The number of carbonyl (C=O) groups is 3. The Morgan fingerprint density at radius 1 is 1.30 bits per heavy atom. The van der Waals surface area contributed by atoms with Gasteiger partial charge in [-0.05, 0) is 43.9 Å². The van der Waals surface area contributed by atoms with Crippen LogP contribution >= 0.6 is 23.2 Å². The molecule has 1 aromatic carbocycles. The fourth-order valence-electron chi connectivity index (χ4n) is 2.18. The molecule has 1 aliphatic carbocycles. The minimum Gasteiger partial charge on any atom is -0.454 e. The lowest BCUT2D eigenvalue weighted by atomic mass is 9.87. The van der Waals surface area contributed by atoms with Gasteiger partial charge in [0.2, 0.25) is 0 Å². The predicted molar refractivity (Wildman–Crippen MR) is 89.7 cm³/mol. The number of Topliss-reactive ketones (excluding diaryl/α,β-unsaturated/α-hetero) is 1. The first-order valence-electron chi connectivity index (χ1n) is 7.57. The molecule has 0 heterocycles. The van der Waals surface area contributed by atoms with E-state index in [1.807, 2.05) is 13.0 Å². The van der Waals surface area contributed by atoms with Crippen molar-refractivity contribution in [3.05, 3.63) is 34.3 Å². The quantitative estimate of drug-likeness (QED) is 0.458. The molecule has 6 heteroatoms. The zero-order valence-corrected chi connectivity index (χ0v) is 14.5. The molecule has 2 rings (SSSR count). The number of hydrogen-bond donors (Lipinski definition) is 0. The molecule has 1 aliphatic rings. The van der Waals surface area contributed by atoms with Gasteiger partial charge >= 0.3 is 5.97 Å². The minimum absolute atomic E-state index is 0.235. The Morgan fingerprint density at radius 3 is 2.43 bits per heavy atom. The van der Waals surface area contributed by atoms with E-state index < -0.39 is 12.0 Å². The lowest BCUT2D eigenvalue weighted by Crippen LogP contribution is -2.36. The van der Waals surface area contributed by atoms with Gasteiger partial charge in [0.1, 0.15) is 6.29 Å². The Kier molecular flexibility index (Phi) is 8.89. The highest BCUT2D eigenvalue weighted by Gasteiger charge is 2.33. The summed E-state index contributed by atoms with van der Waals surface area (Å²) >= 11 is 11.1. The summed E-state index contributed by atoms with van der Waals surface area (Å²) < 4.78 is 5.03. The SMILES string of the molecule is CCCC(=O)OC1CCCC(C=O)C1=O.Clc1cccc(Cl)c1. The highest BCUT2D eigenvalue weighted by atomic mass is 35.5. The molecule has 0 saturated heterocycles. The lowest BCUT2D eigenvalue weighted by Gasteiger charge is -2.24. The van der Waals surface area contributed by atoms with Gasteiger partial charge in [-0.3, -0.25) is 9.59 Å². The van der Waals surface area contributed by atoms with Crippen LogP contribution in [0, 0.1) is 5.92 Å². The average Bonchev–Trinajstić information content (AvgIpc) is 2.50. The van der Waals surface area contributed by atoms with E-state index in [9.17, 15) is 14.4 Å². The molecule has 1 saturated carbocycles. The first-order chi connectivity index (χ1) is 11.0. The third kappa shape index (κ3) is 7.14. The molecule has 1 aromatic rings. The van der Waals surface area contributed by atoms with Gasteiger partial charge in [0, 0.05) is 16.5 Å². The van der Waals surface area contributed by atoms with Crippen LogP contribution in [-0.2, 0) is 19.1 Å². The van der Waals surface area contributed by atoms with Crippen molar-refractivity contribution in [2.45, 2.75) is 45.1 Å². The normalized spacial score (nSPS) is 20.2. The molecular weight excluding hydrogens is 339 g/mol. The Labute approximate surface area is 146 Å². The molecule has 0 aromatic heterocycles. The molecule has 4 nitrogen and oxygen atoms in total. The molecule has 0 bridgehead atoms. The second-order valence-corrected chi connectivity index (χ2v) is 6.12. The van der Waals surface area contributed by atoms with Crippen LogP contribution in [0.1, 0.15) is 39.0 Å². The number of ketones is 1. The van der Waals surface area contributed by atoms with Crippen molar-refractivity contribution in [2.75, 3.05) is 0 Å². The lowest BCUT2D eigenvalue weighted by molar-refractivity contribution is -0.159. The van der Waals surface area contributed by atoms with Crippen LogP contribution in [0.15, 0.2) is 24.3 Å². The van der Waals surface area contributed by atoms with Crippen LogP contribution < -0.4 is 0 Å². The number of rotatable bonds is 4. The maximum atomic E-state index is 11.6. The van der Waals surface area contributed by atoms with Gasteiger partial charge in [0.05, 0.1) is 5.92 Å². The Balaban J connectivity index is 0.000000277. The number of esters is 1. The second-order valence-electron chi connectivity index (χ2n) is 5.24. The molecule has 2 atom stereocenters. The summed E-state index contributed by atoms with van der Waals surface area (Å²) in [5, 5.41) is 1.36. The van der Waals surface area contributed by atoms with Crippen LogP contribution in [0.25, 0.3) is 0 Å². The molecule has 126 valence electrons. The largest absolute Gasteiger partial charge is 0.454 e. The molecule has 0 N–H and O–H groups in total. The van der Waals surface area contributed by atoms with Gasteiger partial charge in [-0.1, -0.05) is 36.2 Å². The van der Waals surface area contributed by atoms with Crippen molar-refractivity contribution < 1.29 is 19.1 Å². The molecule has 0 radical (unpaired) electrons. The van der Waals surface area contributed by atoms with Crippen LogP contribution in [0.4, 0.5) is 0 Å². The summed E-state index contributed by atoms with van der Waals surface area (Å²) in [4.78, 5) is 33.3. The summed E-state index contributed by atoms with van der Waals surface area (Å²) in [5.74, 6) is -1.15. The van der Waals surface area contributed by atoms with E-state index >= 15 is 0 Å². The molecule has 2 unspecified atom stereocenters. The maximum absolute atomic E-state index is 11.6. The van der Waals surface area contributed by atoms with E-state index in [1.165, 1.54) is 0 Å². The standard InChI is InChI=1S/C11H16O4.C6H4Cl2/c1-2-4-10(13)15-9-6-3-5-8(7-12)11(9)14;7-5-2-1-3-6(8)4-5/h7-9H,2-6H2,1H3;1-4H. The van der Waals surface area contributed by atoms with Crippen molar-refractivity contribution in [1.29, 1.82) is 0 Å². The smallest absolute Gasteiger partial charge is 0.306 e. The van der Waals surface area contributed by atoms with Crippen molar-refractivity contribution >= 4 is 41.2 Å². The Hall–Kier alpha value is -1.39. The summed E-state index contributed by atoms with van der Waals surface area (Å²) in [6, 6.07) is 7.08. The summed E-state index contributed by atoms with van der Waals surface area (Å²) in [5.41, 5.74) is 0. The van der Waals surface area contributed by atoms with Gasteiger partial charge in [-0.15, -0.1) is 0 Å². The fourth-order valence-corrected chi connectivity index (χ4v) is 2.62. The molecule has 23 heavy (non-hydrogen) atoms. The Bertz CT molecular complexity index is 528. The third-order valence-corrected chi connectivity index (χ3v) is 3.81. The second kappa shape index (κ2) is 10.4. The number of carbonyl (C=O) groups excluding carboxylic acids is 3. The predicted octanol–water partition coefficient (Wildman–Crippen LogP) is 4.26. The Morgan fingerprint density at radius 2 is 1.96 bits per heavy atom. The van der Waals surface area contributed by atoms with Gasteiger partial charge in [0.25, 0.3) is 0 Å². The number of benzene rings is 1. The van der Waals surface area contributed by atoms with Gasteiger partial charge in [0.15, 0.2) is 11.9 Å². The molecule has 0 spiro atoms. The van der Waals surface area contributed by atoms with Crippen LogP contribution in [0.5, 0.6) is 0 Å². The molecular formula is C17H20Cl2O4.